The Balaban J connectivity index is 3.68. The summed E-state index contributed by atoms with van der Waals surface area (Å²) in [6, 6.07) is 0.570. The van der Waals surface area contributed by atoms with Crippen LogP contribution in [0.5, 0.6) is 0 Å². The van der Waals surface area contributed by atoms with Crippen LogP contribution in [-0.2, 0) is 6.18 Å². The molecule has 0 saturated carbocycles. The van der Waals surface area contributed by atoms with E-state index in [0.29, 0.717) is 6.07 Å². The van der Waals surface area contributed by atoms with Gasteiger partial charge in [0.05, 0.1) is 10.5 Å². The van der Waals surface area contributed by atoms with Crippen LogP contribution in [0.15, 0.2) is 12.1 Å². The molecule has 0 aliphatic carbocycles. The summed E-state index contributed by atoms with van der Waals surface area (Å²) >= 11 is 0. The molecule has 1 amide bonds. The van der Waals surface area contributed by atoms with Crippen LogP contribution in [0.2, 0.25) is 0 Å². The van der Waals surface area contributed by atoms with E-state index in [4.69, 9.17) is 5.73 Å². The predicted molar refractivity (Wildman–Crippen MR) is 52.0 cm³/mol. The fourth-order valence-corrected chi connectivity index (χ4v) is 1.29. The van der Waals surface area contributed by atoms with E-state index in [1.54, 1.807) is 0 Å². The molecule has 9 heteroatoms. The Morgan fingerprint density at radius 1 is 1.39 bits per heavy atom. The Morgan fingerprint density at radius 2 is 1.94 bits per heavy atom. The summed E-state index contributed by atoms with van der Waals surface area (Å²) in [4.78, 5) is 30.6. The molecule has 96 valence electrons. The van der Waals surface area contributed by atoms with E-state index >= 15 is 0 Å². The fraction of sp³-hybridized carbons (Fsp3) is 0.111. The number of nitro groups is 1. The lowest BCUT2D eigenvalue weighted by atomic mass is 10.0. The zero-order chi connectivity index (χ0) is 14.1. The van der Waals surface area contributed by atoms with Crippen molar-refractivity contribution in [2.24, 2.45) is 5.73 Å². The van der Waals surface area contributed by atoms with Crippen LogP contribution in [0.25, 0.3) is 0 Å². The first kappa shape index (κ1) is 13.6. The summed E-state index contributed by atoms with van der Waals surface area (Å²) in [6.45, 7) is 0. The van der Waals surface area contributed by atoms with Gasteiger partial charge in [-0.05, 0) is 6.07 Å². The molecule has 0 heterocycles. The van der Waals surface area contributed by atoms with Gasteiger partial charge in [0.15, 0.2) is 6.29 Å². The summed E-state index contributed by atoms with van der Waals surface area (Å²) in [5.74, 6) is -1.28. The number of nitro benzene ring substituents is 1. The predicted octanol–water partition coefficient (Wildman–Crippen LogP) is 1.52. The van der Waals surface area contributed by atoms with E-state index in [0.717, 1.165) is 0 Å². The molecule has 2 N–H and O–H groups in total. The molecule has 0 aromatic heterocycles. The molecule has 0 saturated heterocycles. The molecule has 1 rings (SSSR count). The van der Waals surface area contributed by atoms with Crippen molar-refractivity contribution in [1.82, 2.24) is 0 Å². The van der Waals surface area contributed by atoms with Crippen molar-refractivity contribution in [3.63, 3.8) is 0 Å². The van der Waals surface area contributed by atoms with Crippen molar-refractivity contribution >= 4 is 17.9 Å². The van der Waals surface area contributed by atoms with Crippen LogP contribution < -0.4 is 5.73 Å². The molecule has 0 aliphatic heterocycles. The van der Waals surface area contributed by atoms with Gasteiger partial charge in [0.1, 0.15) is 5.56 Å². The van der Waals surface area contributed by atoms with Gasteiger partial charge in [-0.25, -0.2) is 0 Å². The van der Waals surface area contributed by atoms with Crippen molar-refractivity contribution in [1.29, 1.82) is 0 Å². The standard InChI is InChI=1S/C9H5F3N2O4/c10-9(11,12)6-2-5(8(13)16)4(3-15)1-7(6)14(17)18/h1-3H,(H2,13,16). The van der Waals surface area contributed by atoms with Gasteiger partial charge in [-0.1, -0.05) is 0 Å². The number of carbonyl (C=O) groups excluding carboxylic acids is 2. The van der Waals surface area contributed by atoms with E-state index in [1.165, 1.54) is 0 Å². The number of alkyl halides is 3. The number of halogens is 3. The largest absolute Gasteiger partial charge is 0.423 e. The molecular formula is C9H5F3N2O4. The lowest BCUT2D eigenvalue weighted by molar-refractivity contribution is -0.388. The number of primary amides is 1. The molecule has 6 nitrogen and oxygen atoms in total. The minimum absolute atomic E-state index is 0.0211. The van der Waals surface area contributed by atoms with Gasteiger partial charge in [-0.15, -0.1) is 0 Å². The monoisotopic (exact) mass is 262 g/mol. The summed E-state index contributed by atoms with van der Waals surface area (Å²) in [5.41, 5.74) is 0.563. The van der Waals surface area contributed by atoms with E-state index < -0.39 is 39.4 Å². The number of benzene rings is 1. The zero-order valence-electron chi connectivity index (χ0n) is 8.52. The third kappa shape index (κ3) is 2.44. The molecule has 0 atom stereocenters. The van der Waals surface area contributed by atoms with Gasteiger partial charge in [-0.3, -0.25) is 19.7 Å². The maximum atomic E-state index is 12.5. The number of hydrogen-bond acceptors (Lipinski definition) is 4. The molecule has 0 radical (unpaired) electrons. The summed E-state index contributed by atoms with van der Waals surface area (Å²) < 4.78 is 37.6. The highest BCUT2D eigenvalue weighted by atomic mass is 19.4. The number of amides is 1. The summed E-state index contributed by atoms with van der Waals surface area (Å²) in [7, 11) is 0. The van der Waals surface area contributed by atoms with Gasteiger partial charge in [-0.2, -0.15) is 13.2 Å². The average molecular weight is 262 g/mol. The van der Waals surface area contributed by atoms with Crippen LogP contribution in [0.1, 0.15) is 26.3 Å². The first-order valence-electron chi connectivity index (χ1n) is 4.33. The van der Waals surface area contributed by atoms with Gasteiger partial charge in [0.25, 0.3) is 5.69 Å². The minimum atomic E-state index is -5.03. The minimum Gasteiger partial charge on any atom is -0.366 e. The Morgan fingerprint density at radius 3 is 2.28 bits per heavy atom. The second kappa shape index (κ2) is 4.43. The third-order valence-electron chi connectivity index (χ3n) is 2.06. The molecule has 1 aromatic carbocycles. The second-order valence-electron chi connectivity index (χ2n) is 3.19. The second-order valence-corrected chi connectivity index (χ2v) is 3.19. The molecule has 0 spiro atoms. The fourth-order valence-electron chi connectivity index (χ4n) is 1.29. The van der Waals surface area contributed by atoms with E-state index in [2.05, 4.69) is 0 Å². The van der Waals surface area contributed by atoms with Gasteiger partial charge < -0.3 is 5.73 Å². The Hall–Kier alpha value is -2.45. The van der Waals surface area contributed by atoms with Crippen LogP contribution in [0, 0.1) is 10.1 Å². The van der Waals surface area contributed by atoms with Crippen molar-refractivity contribution < 1.29 is 27.7 Å². The third-order valence-corrected chi connectivity index (χ3v) is 2.06. The maximum absolute atomic E-state index is 12.5. The van der Waals surface area contributed by atoms with Crippen molar-refractivity contribution in [3.05, 3.63) is 38.9 Å². The highest BCUT2D eigenvalue weighted by Gasteiger charge is 2.39. The van der Waals surface area contributed by atoms with Gasteiger partial charge in [0.2, 0.25) is 5.91 Å². The lowest BCUT2D eigenvalue weighted by Gasteiger charge is -2.09. The number of nitrogens with zero attached hydrogens (tertiary/aromatic N) is 1. The Kier molecular flexibility index (Phi) is 3.35. The van der Waals surface area contributed by atoms with Crippen LogP contribution in [0.4, 0.5) is 18.9 Å². The average Bonchev–Trinajstić information content (AvgIpc) is 2.25. The van der Waals surface area contributed by atoms with Crippen LogP contribution in [0.3, 0.4) is 0 Å². The summed E-state index contributed by atoms with van der Waals surface area (Å²) in [6.07, 6.45) is -5.01. The van der Waals surface area contributed by atoms with E-state index in [9.17, 15) is 32.9 Å². The van der Waals surface area contributed by atoms with Gasteiger partial charge >= 0.3 is 6.18 Å². The smallest absolute Gasteiger partial charge is 0.366 e. The van der Waals surface area contributed by atoms with Gasteiger partial charge in [0, 0.05) is 11.6 Å². The number of aldehydes is 1. The molecule has 0 aliphatic rings. The number of carbonyl (C=O) groups is 2. The highest BCUT2D eigenvalue weighted by molar-refractivity contribution is 6.01. The van der Waals surface area contributed by atoms with E-state index in [1.807, 2.05) is 0 Å². The number of nitrogens with two attached hydrogens (primary N) is 1. The zero-order valence-corrected chi connectivity index (χ0v) is 8.52. The number of rotatable bonds is 3. The highest BCUT2D eigenvalue weighted by Crippen LogP contribution is 2.37. The van der Waals surface area contributed by atoms with Crippen molar-refractivity contribution in [3.8, 4) is 0 Å². The van der Waals surface area contributed by atoms with E-state index in [-0.39, 0.29) is 12.4 Å². The first-order chi connectivity index (χ1) is 8.18. The van der Waals surface area contributed by atoms with Crippen LogP contribution in [-0.4, -0.2) is 17.1 Å². The Bertz CT molecular complexity index is 539. The van der Waals surface area contributed by atoms with Crippen molar-refractivity contribution in [2.75, 3.05) is 0 Å². The first-order valence-corrected chi connectivity index (χ1v) is 4.33. The number of hydrogen-bond donors (Lipinski definition) is 1. The normalized spacial score (nSPS) is 11.1. The molecule has 18 heavy (non-hydrogen) atoms. The molecule has 0 unspecified atom stereocenters. The SMILES string of the molecule is NC(=O)c1cc(C(F)(F)F)c([N+](=O)[O-])cc1C=O. The Labute approximate surface area is 97.3 Å². The molecule has 0 fully saturated rings. The topological polar surface area (TPSA) is 103 Å². The summed E-state index contributed by atoms with van der Waals surface area (Å²) in [5, 5.41) is 10.5. The van der Waals surface area contributed by atoms with Crippen molar-refractivity contribution in [2.45, 2.75) is 6.18 Å². The van der Waals surface area contributed by atoms with Crippen LogP contribution >= 0.6 is 0 Å². The quantitative estimate of drug-likeness (QED) is 0.506. The molecule has 0 bridgehead atoms. The maximum Gasteiger partial charge on any atom is 0.423 e. The molecular weight excluding hydrogens is 257 g/mol. The lowest BCUT2D eigenvalue weighted by Crippen LogP contribution is -2.17. The molecule has 1 aromatic rings.